The number of allylic oxidation sites excluding steroid dienone is 4. The molecular weight excluding hydrogens is 401 g/mol. The van der Waals surface area contributed by atoms with Crippen molar-refractivity contribution in [3.63, 3.8) is 0 Å². The van der Waals surface area contributed by atoms with Crippen LogP contribution in [0.25, 0.3) is 10.8 Å². The summed E-state index contributed by atoms with van der Waals surface area (Å²) in [5.41, 5.74) is 0. The highest BCUT2D eigenvalue weighted by Gasteiger charge is 2.32. The first-order valence-corrected chi connectivity index (χ1v) is 11.4. The number of benzene rings is 2. The molecule has 0 bridgehead atoms. The van der Waals surface area contributed by atoms with E-state index in [4.69, 9.17) is 23.2 Å². The molecule has 2 aromatic rings. The van der Waals surface area contributed by atoms with Crippen molar-refractivity contribution in [3.8, 4) is 0 Å². The first kappa shape index (κ1) is 19.0. The SMILES string of the molecule is O=S(=O)(c1ccc(Cl)c2ccccc12)N1CCC(C2C=CCC(Cl)=C2)CC1. The van der Waals surface area contributed by atoms with Crippen LogP contribution in [0.15, 0.2) is 64.6 Å². The van der Waals surface area contributed by atoms with Gasteiger partial charge in [0.15, 0.2) is 0 Å². The van der Waals surface area contributed by atoms with E-state index >= 15 is 0 Å². The summed E-state index contributed by atoms with van der Waals surface area (Å²) in [5.74, 6) is 0.746. The molecule has 142 valence electrons. The zero-order chi connectivity index (χ0) is 19.0. The highest BCUT2D eigenvalue weighted by molar-refractivity contribution is 7.89. The Hall–Kier alpha value is -1.33. The smallest absolute Gasteiger partial charge is 0.207 e. The predicted molar refractivity (Wildman–Crippen MR) is 112 cm³/mol. The molecule has 1 aliphatic heterocycles. The average molecular weight is 422 g/mol. The van der Waals surface area contributed by atoms with Gasteiger partial charge >= 0.3 is 0 Å². The van der Waals surface area contributed by atoms with E-state index in [1.165, 1.54) is 0 Å². The number of fused-ring (bicyclic) bond motifs is 1. The van der Waals surface area contributed by atoms with Gasteiger partial charge in [-0.15, -0.1) is 0 Å². The van der Waals surface area contributed by atoms with Crippen LogP contribution in [0.4, 0.5) is 0 Å². The second-order valence-corrected chi connectivity index (χ2v) is 9.95. The molecule has 1 atom stereocenters. The summed E-state index contributed by atoms with van der Waals surface area (Å²) in [7, 11) is -3.56. The van der Waals surface area contributed by atoms with Gasteiger partial charge in [0.25, 0.3) is 0 Å². The van der Waals surface area contributed by atoms with Crippen molar-refractivity contribution in [3.05, 3.63) is 64.7 Å². The summed E-state index contributed by atoms with van der Waals surface area (Å²) in [5, 5.41) is 2.89. The molecule has 0 N–H and O–H groups in total. The largest absolute Gasteiger partial charge is 0.243 e. The molecule has 3 nitrogen and oxygen atoms in total. The molecular formula is C21H21Cl2NO2S. The summed E-state index contributed by atoms with van der Waals surface area (Å²) in [6.07, 6.45) is 8.89. The van der Waals surface area contributed by atoms with Crippen LogP contribution < -0.4 is 0 Å². The number of nitrogens with zero attached hydrogens (tertiary/aromatic N) is 1. The normalized spacial score (nSPS) is 22.1. The van der Waals surface area contributed by atoms with Crippen molar-refractivity contribution in [1.82, 2.24) is 4.31 Å². The standard InChI is InChI=1S/C21H21Cl2NO2S/c22-17-5-3-4-16(14-17)15-10-12-24(13-11-15)27(25,26)21-9-8-20(23)18-6-1-2-7-19(18)21/h1-4,6-9,14-16H,5,10-13H2. The molecule has 2 aliphatic rings. The molecule has 0 amide bonds. The molecule has 4 rings (SSSR count). The number of hydrogen-bond donors (Lipinski definition) is 0. The van der Waals surface area contributed by atoms with E-state index in [2.05, 4.69) is 18.2 Å². The van der Waals surface area contributed by atoms with E-state index in [-0.39, 0.29) is 0 Å². The van der Waals surface area contributed by atoms with Crippen LogP contribution in [-0.4, -0.2) is 25.8 Å². The maximum absolute atomic E-state index is 13.3. The van der Waals surface area contributed by atoms with Gasteiger partial charge in [-0.05, 0) is 36.8 Å². The van der Waals surface area contributed by atoms with Crippen molar-refractivity contribution in [2.75, 3.05) is 13.1 Å². The van der Waals surface area contributed by atoms with Gasteiger partial charge in [-0.25, -0.2) is 8.42 Å². The zero-order valence-electron chi connectivity index (χ0n) is 14.8. The number of halogens is 2. The third-order valence-corrected chi connectivity index (χ3v) is 8.10. The van der Waals surface area contributed by atoms with E-state index in [0.29, 0.717) is 40.2 Å². The Bertz CT molecular complexity index is 1020. The topological polar surface area (TPSA) is 37.4 Å². The molecule has 0 spiro atoms. The molecule has 2 aromatic carbocycles. The van der Waals surface area contributed by atoms with E-state index in [1.807, 2.05) is 24.3 Å². The first-order chi connectivity index (χ1) is 13.0. The van der Waals surface area contributed by atoms with Crippen molar-refractivity contribution in [2.24, 2.45) is 11.8 Å². The highest BCUT2D eigenvalue weighted by atomic mass is 35.5. The molecule has 0 saturated carbocycles. The Kier molecular flexibility index (Phi) is 5.34. The van der Waals surface area contributed by atoms with Gasteiger partial charge in [-0.1, -0.05) is 65.7 Å². The van der Waals surface area contributed by atoms with E-state index in [0.717, 1.165) is 29.7 Å². The van der Waals surface area contributed by atoms with Crippen LogP contribution in [0, 0.1) is 11.8 Å². The molecule has 27 heavy (non-hydrogen) atoms. The summed E-state index contributed by atoms with van der Waals surface area (Å²) in [6, 6.07) is 10.7. The summed E-state index contributed by atoms with van der Waals surface area (Å²) < 4.78 is 28.2. The molecule has 6 heteroatoms. The Labute approximate surface area is 170 Å². The molecule has 0 radical (unpaired) electrons. The Morgan fingerprint density at radius 2 is 1.67 bits per heavy atom. The van der Waals surface area contributed by atoms with Crippen molar-refractivity contribution in [1.29, 1.82) is 0 Å². The van der Waals surface area contributed by atoms with Crippen LogP contribution in [0.1, 0.15) is 19.3 Å². The Balaban J connectivity index is 1.57. The fraction of sp³-hybridized carbons (Fsp3) is 0.333. The quantitative estimate of drug-likeness (QED) is 0.605. The first-order valence-electron chi connectivity index (χ1n) is 9.17. The predicted octanol–water partition coefficient (Wildman–Crippen LogP) is 5.59. The lowest BCUT2D eigenvalue weighted by Crippen LogP contribution is -2.39. The Morgan fingerprint density at radius 3 is 2.37 bits per heavy atom. The van der Waals surface area contributed by atoms with Gasteiger partial charge in [0.1, 0.15) is 0 Å². The van der Waals surface area contributed by atoms with Crippen LogP contribution >= 0.6 is 23.2 Å². The van der Waals surface area contributed by atoms with Crippen molar-refractivity contribution < 1.29 is 8.42 Å². The number of sulfonamides is 1. The molecule has 1 saturated heterocycles. The number of hydrogen-bond acceptors (Lipinski definition) is 2. The second kappa shape index (κ2) is 7.59. The minimum atomic E-state index is -3.56. The molecule has 1 aliphatic carbocycles. The van der Waals surface area contributed by atoms with E-state index in [9.17, 15) is 8.42 Å². The lowest BCUT2D eigenvalue weighted by Gasteiger charge is -2.34. The van der Waals surface area contributed by atoms with Crippen molar-refractivity contribution in [2.45, 2.75) is 24.2 Å². The lowest BCUT2D eigenvalue weighted by molar-refractivity contribution is 0.250. The van der Waals surface area contributed by atoms with Gasteiger partial charge < -0.3 is 0 Å². The average Bonchev–Trinajstić information content (AvgIpc) is 2.68. The number of piperidine rings is 1. The maximum atomic E-state index is 13.3. The van der Waals surface area contributed by atoms with Crippen LogP contribution in [0.2, 0.25) is 5.02 Å². The molecule has 1 fully saturated rings. The highest BCUT2D eigenvalue weighted by Crippen LogP contribution is 2.35. The van der Waals surface area contributed by atoms with Crippen LogP contribution in [0.5, 0.6) is 0 Å². The minimum absolute atomic E-state index is 0.312. The van der Waals surface area contributed by atoms with Gasteiger partial charge in [0.2, 0.25) is 10.0 Å². The fourth-order valence-electron chi connectivity index (χ4n) is 4.06. The molecule has 1 unspecified atom stereocenters. The third-order valence-electron chi connectivity index (χ3n) is 5.54. The number of rotatable bonds is 3. The summed E-state index contributed by atoms with van der Waals surface area (Å²) >= 11 is 12.4. The molecule has 1 heterocycles. The Morgan fingerprint density at radius 1 is 0.963 bits per heavy atom. The second-order valence-electron chi connectivity index (χ2n) is 7.16. The lowest BCUT2D eigenvalue weighted by atomic mass is 9.83. The summed E-state index contributed by atoms with van der Waals surface area (Å²) in [4.78, 5) is 0.335. The zero-order valence-corrected chi connectivity index (χ0v) is 17.1. The van der Waals surface area contributed by atoms with Gasteiger partial charge in [-0.3, -0.25) is 0 Å². The van der Waals surface area contributed by atoms with Gasteiger partial charge in [0.05, 0.1) is 4.90 Å². The van der Waals surface area contributed by atoms with Crippen LogP contribution in [-0.2, 0) is 10.0 Å². The monoisotopic (exact) mass is 421 g/mol. The summed E-state index contributed by atoms with van der Waals surface area (Å²) in [6.45, 7) is 1.06. The molecule has 0 aromatic heterocycles. The maximum Gasteiger partial charge on any atom is 0.243 e. The van der Waals surface area contributed by atoms with E-state index < -0.39 is 10.0 Å². The fourth-order valence-corrected chi connectivity index (χ4v) is 6.19. The van der Waals surface area contributed by atoms with Crippen LogP contribution in [0.3, 0.4) is 0 Å². The van der Waals surface area contributed by atoms with Gasteiger partial charge in [-0.2, -0.15) is 4.31 Å². The van der Waals surface area contributed by atoms with Gasteiger partial charge in [0, 0.05) is 40.3 Å². The van der Waals surface area contributed by atoms with E-state index in [1.54, 1.807) is 16.4 Å². The van der Waals surface area contributed by atoms with Crippen molar-refractivity contribution >= 4 is 44.0 Å². The minimum Gasteiger partial charge on any atom is -0.207 e. The third kappa shape index (κ3) is 3.68.